The Labute approximate surface area is 167 Å². The summed E-state index contributed by atoms with van der Waals surface area (Å²) in [5, 5.41) is 12.6. The molecule has 2 N–H and O–H groups in total. The number of halogens is 3. The highest BCUT2D eigenvalue weighted by atomic mass is 32.2. The van der Waals surface area contributed by atoms with Crippen LogP contribution in [0, 0.1) is 0 Å². The molecular weight excluding hydrogens is 407 g/mol. The zero-order valence-electron chi connectivity index (χ0n) is 16.0. The Hall–Kier alpha value is -2.39. The molecule has 0 aliphatic heterocycles. The Kier molecular flexibility index (Phi) is 6.74. The van der Waals surface area contributed by atoms with E-state index in [0.717, 1.165) is 12.1 Å². The maximum absolute atomic E-state index is 13.1. The van der Waals surface area contributed by atoms with Gasteiger partial charge in [-0.2, -0.15) is 13.2 Å². The molecule has 2 aromatic carbocycles. The van der Waals surface area contributed by atoms with Gasteiger partial charge >= 0.3 is 6.18 Å². The zero-order chi connectivity index (χ0) is 21.9. The summed E-state index contributed by atoms with van der Waals surface area (Å²) in [6.45, 7) is 2.89. The molecule has 2 rings (SSSR count). The molecule has 1 atom stereocenters. The summed E-state index contributed by atoms with van der Waals surface area (Å²) >= 11 is 0. The first-order valence-corrected chi connectivity index (χ1v) is 10.6. The van der Waals surface area contributed by atoms with E-state index in [1.807, 2.05) is 0 Å². The lowest BCUT2D eigenvalue weighted by molar-refractivity contribution is -0.267. The maximum Gasteiger partial charge on any atom is 0.421 e. The number of aliphatic hydroxyl groups is 1. The van der Waals surface area contributed by atoms with Crippen LogP contribution in [0.3, 0.4) is 0 Å². The largest absolute Gasteiger partial charge is 0.421 e. The van der Waals surface area contributed by atoms with Crippen LogP contribution in [0.4, 0.5) is 13.2 Å². The van der Waals surface area contributed by atoms with Gasteiger partial charge in [0.05, 0.1) is 10.6 Å². The molecule has 0 fully saturated rings. The number of hydrogen-bond donors (Lipinski definition) is 2. The van der Waals surface area contributed by atoms with E-state index in [-0.39, 0.29) is 28.3 Å². The normalized spacial score (nSPS) is 14.3. The predicted molar refractivity (Wildman–Crippen MR) is 102 cm³/mol. The lowest BCUT2D eigenvalue weighted by Crippen LogP contribution is -2.41. The Morgan fingerprint density at radius 2 is 1.55 bits per heavy atom. The monoisotopic (exact) mass is 429 g/mol. The molecule has 0 aromatic heterocycles. The van der Waals surface area contributed by atoms with Crippen LogP contribution in [-0.2, 0) is 22.0 Å². The van der Waals surface area contributed by atoms with Gasteiger partial charge in [-0.05, 0) is 41.8 Å². The molecule has 0 aliphatic rings. The molecule has 1 amide bonds. The summed E-state index contributed by atoms with van der Waals surface area (Å²) < 4.78 is 62.9. The van der Waals surface area contributed by atoms with Crippen LogP contribution in [-0.4, -0.2) is 31.4 Å². The van der Waals surface area contributed by atoms with E-state index in [1.165, 1.54) is 31.2 Å². The van der Waals surface area contributed by atoms with Crippen LogP contribution in [0.5, 0.6) is 0 Å². The van der Waals surface area contributed by atoms with Crippen LogP contribution in [0.25, 0.3) is 0 Å². The third kappa shape index (κ3) is 4.97. The van der Waals surface area contributed by atoms with E-state index in [4.69, 9.17) is 0 Å². The average molecular weight is 429 g/mol. The van der Waals surface area contributed by atoms with Gasteiger partial charge in [-0.3, -0.25) is 4.79 Å². The first-order valence-electron chi connectivity index (χ1n) is 8.94. The molecule has 0 radical (unpaired) electrons. The second kappa shape index (κ2) is 8.54. The third-order valence-electron chi connectivity index (χ3n) is 4.72. The second-order valence-corrected chi connectivity index (χ2v) is 8.80. The molecule has 0 saturated carbocycles. The van der Waals surface area contributed by atoms with Gasteiger partial charge in [-0.1, -0.05) is 38.1 Å². The smallest absolute Gasteiger partial charge is 0.376 e. The maximum atomic E-state index is 13.1. The van der Waals surface area contributed by atoms with Crippen molar-refractivity contribution in [1.82, 2.24) is 5.32 Å². The average Bonchev–Trinajstić information content (AvgIpc) is 2.71. The van der Waals surface area contributed by atoms with Crippen molar-refractivity contribution >= 4 is 15.7 Å². The van der Waals surface area contributed by atoms with Crippen molar-refractivity contribution in [1.29, 1.82) is 0 Å². The summed E-state index contributed by atoms with van der Waals surface area (Å²) in [6.07, 6.45) is -5.38. The first kappa shape index (κ1) is 22.9. The number of nitrogens with one attached hydrogen (secondary N) is 1. The highest BCUT2D eigenvalue weighted by Crippen LogP contribution is 2.41. The third-order valence-corrected chi connectivity index (χ3v) is 6.47. The Balaban J connectivity index is 2.07. The Morgan fingerprint density at radius 1 is 1.00 bits per heavy atom. The zero-order valence-corrected chi connectivity index (χ0v) is 16.8. The number of sulfone groups is 1. The van der Waals surface area contributed by atoms with Gasteiger partial charge in [0.25, 0.3) is 5.91 Å². The summed E-state index contributed by atoms with van der Waals surface area (Å²) in [5.74, 6) is -0.519. The lowest BCUT2D eigenvalue weighted by atomic mass is 9.90. The van der Waals surface area contributed by atoms with Crippen molar-refractivity contribution in [3.8, 4) is 0 Å². The molecular formula is C20H22F3NO4S. The van der Waals surface area contributed by atoms with E-state index in [0.29, 0.717) is 5.56 Å². The van der Waals surface area contributed by atoms with E-state index in [1.54, 1.807) is 19.1 Å². The molecule has 5 nitrogen and oxygen atoms in total. The minimum absolute atomic E-state index is 0.0133. The van der Waals surface area contributed by atoms with Crippen molar-refractivity contribution < 1.29 is 31.5 Å². The Morgan fingerprint density at radius 3 is 2.00 bits per heavy atom. The predicted octanol–water partition coefficient (Wildman–Crippen LogP) is 3.57. The SMILES string of the molecule is CCC(O)(c1ccc(C(=O)NCc2ccc(S(=O)(=O)CC)cc2)cc1)C(F)(F)F. The topological polar surface area (TPSA) is 83.5 Å². The van der Waals surface area contributed by atoms with Crippen molar-refractivity contribution in [3.05, 3.63) is 65.2 Å². The lowest BCUT2D eigenvalue weighted by Gasteiger charge is -2.29. The number of carbonyl (C=O) groups is 1. The minimum atomic E-state index is -4.83. The molecule has 29 heavy (non-hydrogen) atoms. The minimum Gasteiger partial charge on any atom is -0.376 e. The molecule has 0 spiro atoms. The molecule has 0 saturated heterocycles. The second-order valence-electron chi connectivity index (χ2n) is 6.52. The summed E-state index contributed by atoms with van der Waals surface area (Å²) in [7, 11) is -3.31. The summed E-state index contributed by atoms with van der Waals surface area (Å²) in [4.78, 5) is 12.4. The fourth-order valence-electron chi connectivity index (χ4n) is 2.73. The van der Waals surface area contributed by atoms with E-state index in [9.17, 15) is 31.5 Å². The number of benzene rings is 2. The summed E-state index contributed by atoms with van der Waals surface area (Å²) in [5.41, 5.74) is -2.50. The van der Waals surface area contributed by atoms with E-state index in [2.05, 4.69) is 5.32 Å². The summed E-state index contributed by atoms with van der Waals surface area (Å²) in [6, 6.07) is 10.7. The van der Waals surface area contributed by atoms with Gasteiger partial charge in [-0.25, -0.2) is 8.42 Å². The number of amides is 1. The van der Waals surface area contributed by atoms with E-state index < -0.39 is 33.9 Å². The Bertz CT molecular complexity index is 955. The molecule has 9 heteroatoms. The fourth-order valence-corrected chi connectivity index (χ4v) is 3.62. The standard InChI is InChI=1S/C20H22F3NO4S/c1-3-19(26,20(21,22)23)16-9-7-15(8-10-16)18(25)24-13-14-5-11-17(12-6-14)29(27,28)4-2/h5-12,26H,3-4,13H2,1-2H3,(H,24,25). The molecule has 1 unspecified atom stereocenters. The van der Waals surface area contributed by atoms with Crippen LogP contribution in [0.15, 0.2) is 53.4 Å². The van der Waals surface area contributed by atoms with Crippen molar-refractivity contribution in [2.24, 2.45) is 0 Å². The van der Waals surface area contributed by atoms with Gasteiger partial charge in [0, 0.05) is 12.1 Å². The van der Waals surface area contributed by atoms with Gasteiger partial charge < -0.3 is 10.4 Å². The number of rotatable bonds is 7. The fraction of sp³-hybridized carbons (Fsp3) is 0.350. The molecule has 0 heterocycles. The highest BCUT2D eigenvalue weighted by molar-refractivity contribution is 7.91. The van der Waals surface area contributed by atoms with Gasteiger partial charge in [0.1, 0.15) is 0 Å². The number of alkyl halides is 3. The van der Waals surface area contributed by atoms with Gasteiger partial charge in [0.2, 0.25) is 0 Å². The first-order chi connectivity index (χ1) is 13.4. The molecule has 158 valence electrons. The van der Waals surface area contributed by atoms with Crippen LogP contribution in [0.1, 0.15) is 41.8 Å². The van der Waals surface area contributed by atoms with Gasteiger partial charge in [-0.15, -0.1) is 0 Å². The van der Waals surface area contributed by atoms with Crippen molar-refractivity contribution in [2.75, 3.05) is 5.75 Å². The molecule has 0 aliphatic carbocycles. The van der Waals surface area contributed by atoms with Crippen LogP contribution in [0.2, 0.25) is 0 Å². The van der Waals surface area contributed by atoms with Gasteiger partial charge in [0.15, 0.2) is 15.4 Å². The quantitative estimate of drug-likeness (QED) is 0.705. The number of carbonyl (C=O) groups excluding carboxylic acids is 1. The van der Waals surface area contributed by atoms with Crippen molar-refractivity contribution in [3.63, 3.8) is 0 Å². The van der Waals surface area contributed by atoms with Crippen LogP contribution < -0.4 is 5.32 Å². The highest BCUT2D eigenvalue weighted by Gasteiger charge is 2.53. The number of hydrogen-bond acceptors (Lipinski definition) is 4. The van der Waals surface area contributed by atoms with Crippen molar-refractivity contribution in [2.45, 2.75) is 43.5 Å². The van der Waals surface area contributed by atoms with Crippen LogP contribution >= 0.6 is 0 Å². The molecule has 0 bridgehead atoms. The van der Waals surface area contributed by atoms with E-state index >= 15 is 0 Å². The molecule has 2 aromatic rings.